The summed E-state index contributed by atoms with van der Waals surface area (Å²) in [6.07, 6.45) is 1.84. The lowest BCUT2D eigenvalue weighted by molar-refractivity contribution is -0.320. The van der Waals surface area contributed by atoms with Gasteiger partial charge in [-0.05, 0) is 28.7 Å². The van der Waals surface area contributed by atoms with Crippen LogP contribution < -0.4 is 0 Å². The van der Waals surface area contributed by atoms with E-state index in [4.69, 9.17) is 28.4 Å². The van der Waals surface area contributed by atoms with Crippen molar-refractivity contribution in [2.75, 3.05) is 6.61 Å². The van der Waals surface area contributed by atoms with Crippen LogP contribution in [-0.4, -0.2) is 43.3 Å². The molecule has 1 heterocycles. The first kappa shape index (κ1) is 36.4. The van der Waals surface area contributed by atoms with Gasteiger partial charge in [-0.25, -0.2) is 0 Å². The third kappa shape index (κ3) is 12.2. The van der Waals surface area contributed by atoms with Crippen LogP contribution in [-0.2, 0) is 59.6 Å². The largest absolute Gasteiger partial charge is 0.433 e. The fourth-order valence-electron chi connectivity index (χ4n) is 5.90. The minimum absolute atomic E-state index is 0.204. The zero-order valence-corrected chi connectivity index (χ0v) is 28.6. The maximum absolute atomic E-state index is 13.3. The molecule has 4 aromatic carbocycles. The summed E-state index contributed by atoms with van der Waals surface area (Å²) in [5.74, 6) is -0.316. The van der Waals surface area contributed by atoms with E-state index < -0.39 is 30.7 Å². The van der Waals surface area contributed by atoms with Crippen LogP contribution in [0, 0.1) is 0 Å². The summed E-state index contributed by atoms with van der Waals surface area (Å²) in [6, 6.07) is 39.9. The summed E-state index contributed by atoms with van der Waals surface area (Å²) < 4.78 is 39.0. The van der Waals surface area contributed by atoms with Gasteiger partial charge in [-0.3, -0.25) is 4.79 Å². The maximum Gasteiger partial charge on any atom is 0.308 e. The molecule has 0 saturated carbocycles. The number of hydrogen-bond donors (Lipinski definition) is 0. The first-order valence-corrected chi connectivity index (χ1v) is 17.6. The third-order valence-corrected chi connectivity index (χ3v) is 8.57. The SMILES string of the molecule is CCCCCCCC(=O)OC1OC(COCc2ccccc2)C(OCc2ccccc2)C(OCc2ccccc2)C1OCc1ccccc1. The molecule has 0 amide bonds. The van der Waals surface area contributed by atoms with Gasteiger partial charge in [-0.1, -0.05) is 154 Å². The van der Waals surface area contributed by atoms with Crippen molar-refractivity contribution in [3.05, 3.63) is 144 Å². The number of benzene rings is 4. The van der Waals surface area contributed by atoms with E-state index in [0.717, 1.165) is 54.4 Å². The molecule has 260 valence electrons. The second-order valence-corrected chi connectivity index (χ2v) is 12.5. The van der Waals surface area contributed by atoms with Crippen molar-refractivity contribution in [3.8, 4) is 0 Å². The number of hydrogen-bond acceptors (Lipinski definition) is 7. The number of unbranched alkanes of at least 4 members (excludes halogenated alkanes) is 4. The Hall–Kier alpha value is -3.85. The standard InChI is InChI=1S/C42H50O7/c1-2-3-4-5-18-27-38(43)49-42-41(47-31-36-25-16-9-17-26-36)40(46-30-35-23-14-8-15-24-35)39(45-29-34-21-12-7-13-22-34)37(48-42)32-44-28-33-19-10-6-11-20-33/h6-17,19-26,37,39-42H,2-5,18,27-32H2,1H3. The molecule has 49 heavy (non-hydrogen) atoms. The molecule has 7 nitrogen and oxygen atoms in total. The molecule has 0 bridgehead atoms. The van der Waals surface area contributed by atoms with Gasteiger partial charge >= 0.3 is 5.97 Å². The Morgan fingerprint density at radius 2 is 1.00 bits per heavy atom. The molecule has 5 rings (SSSR count). The molecule has 1 aliphatic heterocycles. The average molecular weight is 667 g/mol. The van der Waals surface area contributed by atoms with Crippen LogP contribution in [0.1, 0.15) is 67.7 Å². The van der Waals surface area contributed by atoms with E-state index in [1.165, 1.54) is 0 Å². The van der Waals surface area contributed by atoms with Crippen LogP contribution in [0.2, 0.25) is 0 Å². The van der Waals surface area contributed by atoms with Gasteiger partial charge in [0.05, 0.1) is 33.0 Å². The van der Waals surface area contributed by atoms with Crippen molar-refractivity contribution in [2.45, 2.75) is 103 Å². The predicted molar refractivity (Wildman–Crippen MR) is 189 cm³/mol. The zero-order valence-electron chi connectivity index (χ0n) is 28.6. The van der Waals surface area contributed by atoms with E-state index in [9.17, 15) is 4.79 Å². The monoisotopic (exact) mass is 666 g/mol. The molecule has 0 radical (unpaired) electrons. The fraction of sp³-hybridized carbons (Fsp3) is 0.405. The minimum Gasteiger partial charge on any atom is -0.433 e. The number of esters is 1. The number of carbonyl (C=O) groups is 1. The Bertz CT molecular complexity index is 1450. The van der Waals surface area contributed by atoms with Crippen molar-refractivity contribution in [1.29, 1.82) is 0 Å². The van der Waals surface area contributed by atoms with E-state index in [1.54, 1.807) is 0 Å². The number of carbonyl (C=O) groups excluding carboxylic acids is 1. The Morgan fingerprint density at radius 1 is 0.551 bits per heavy atom. The van der Waals surface area contributed by atoms with Crippen LogP contribution in [0.15, 0.2) is 121 Å². The van der Waals surface area contributed by atoms with Gasteiger partial charge in [0, 0.05) is 6.42 Å². The highest BCUT2D eigenvalue weighted by atomic mass is 16.7. The normalized spacial score (nSPS) is 20.6. The van der Waals surface area contributed by atoms with Gasteiger partial charge in [0.15, 0.2) is 0 Å². The van der Waals surface area contributed by atoms with Gasteiger partial charge in [-0.15, -0.1) is 0 Å². The zero-order chi connectivity index (χ0) is 33.9. The summed E-state index contributed by atoms with van der Waals surface area (Å²) in [6.45, 7) is 3.72. The molecule has 0 N–H and O–H groups in total. The second kappa shape index (κ2) is 20.6. The predicted octanol–water partition coefficient (Wildman–Crippen LogP) is 8.59. The summed E-state index contributed by atoms with van der Waals surface area (Å²) >= 11 is 0. The van der Waals surface area contributed by atoms with Gasteiger partial charge in [-0.2, -0.15) is 0 Å². The molecule has 0 aliphatic carbocycles. The van der Waals surface area contributed by atoms with E-state index in [-0.39, 0.29) is 19.2 Å². The van der Waals surface area contributed by atoms with Crippen LogP contribution in [0.3, 0.4) is 0 Å². The van der Waals surface area contributed by atoms with E-state index >= 15 is 0 Å². The molecular formula is C42H50O7. The van der Waals surface area contributed by atoms with Crippen molar-refractivity contribution in [3.63, 3.8) is 0 Å². The summed E-state index contributed by atoms with van der Waals surface area (Å²) in [5, 5.41) is 0. The van der Waals surface area contributed by atoms with Crippen molar-refractivity contribution < 1.29 is 33.2 Å². The van der Waals surface area contributed by atoms with Crippen molar-refractivity contribution in [1.82, 2.24) is 0 Å². The number of ether oxygens (including phenoxy) is 6. The Balaban J connectivity index is 1.41. The van der Waals surface area contributed by atoms with Crippen molar-refractivity contribution in [2.24, 2.45) is 0 Å². The third-order valence-electron chi connectivity index (χ3n) is 8.57. The Labute approximate surface area is 291 Å². The second-order valence-electron chi connectivity index (χ2n) is 12.5. The first-order valence-electron chi connectivity index (χ1n) is 17.6. The van der Waals surface area contributed by atoms with E-state index in [0.29, 0.717) is 26.2 Å². The molecule has 1 saturated heterocycles. The van der Waals surface area contributed by atoms with Crippen LogP contribution in [0.4, 0.5) is 0 Å². The van der Waals surface area contributed by atoms with Crippen LogP contribution >= 0.6 is 0 Å². The molecule has 7 heteroatoms. The highest BCUT2D eigenvalue weighted by Gasteiger charge is 2.50. The molecule has 1 aliphatic rings. The van der Waals surface area contributed by atoms with E-state index in [2.05, 4.69) is 6.92 Å². The maximum atomic E-state index is 13.3. The smallest absolute Gasteiger partial charge is 0.308 e. The van der Waals surface area contributed by atoms with Gasteiger partial charge < -0.3 is 28.4 Å². The minimum atomic E-state index is -1.02. The van der Waals surface area contributed by atoms with Gasteiger partial charge in [0.25, 0.3) is 0 Å². The molecule has 0 spiro atoms. The lowest BCUT2D eigenvalue weighted by atomic mass is 9.97. The molecule has 5 atom stereocenters. The van der Waals surface area contributed by atoms with Gasteiger partial charge in [0.1, 0.15) is 24.4 Å². The topological polar surface area (TPSA) is 72.5 Å². The fourth-order valence-corrected chi connectivity index (χ4v) is 5.90. The molecular weight excluding hydrogens is 616 g/mol. The molecule has 1 fully saturated rings. The molecule has 5 unspecified atom stereocenters. The van der Waals surface area contributed by atoms with Crippen molar-refractivity contribution >= 4 is 5.97 Å². The highest BCUT2D eigenvalue weighted by molar-refractivity contribution is 5.69. The number of rotatable bonds is 20. The summed E-state index contributed by atoms with van der Waals surface area (Å²) in [7, 11) is 0. The average Bonchev–Trinajstić information content (AvgIpc) is 3.14. The van der Waals surface area contributed by atoms with Gasteiger partial charge in [0.2, 0.25) is 6.29 Å². The first-order chi connectivity index (χ1) is 24.2. The molecule has 4 aromatic rings. The Kier molecular flexibility index (Phi) is 15.3. The van der Waals surface area contributed by atoms with Crippen LogP contribution in [0.25, 0.3) is 0 Å². The summed E-state index contributed by atoms with van der Waals surface area (Å²) in [4.78, 5) is 13.3. The molecule has 0 aromatic heterocycles. The lowest BCUT2D eigenvalue weighted by Gasteiger charge is -2.45. The van der Waals surface area contributed by atoms with Crippen LogP contribution in [0.5, 0.6) is 0 Å². The highest BCUT2D eigenvalue weighted by Crippen LogP contribution is 2.32. The Morgan fingerprint density at radius 3 is 1.51 bits per heavy atom. The summed E-state index contributed by atoms with van der Waals surface area (Å²) in [5.41, 5.74) is 4.06. The van der Waals surface area contributed by atoms with E-state index in [1.807, 2.05) is 121 Å². The lowest BCUT2D eigenvalue weighted by Crippen LogP contribution is -2.62. The quantitative estimate of drug-likeness (QED) is 0.0691.